The third kappa shape index (κ3) is 4.55. The summed E-state index contributed by atoms with van der Waals surface area (Å²) in [7, 11) is 0. The van der Waals surface area contributed by atoms with Crippen molar-refractivity contribution in [3.8, 4) is 5.75 Å². The van der Waals surface area contributed by atoms with Gasteiger partial charge in [0.2, 0.25) is 0 Å². The summed E-state index contributed by atoms with van der Waals surface area (Å²) in [4.78, 5) is 21.5. The lowest BCUT2D eigenvalue weighted by atomic mass is 10.3. The monoisotopic (exact) mass is 373 g/mol. The Bertz CT molecular complexity index is 876. The Hall–Kier alpha value is -2.44. The number of nitrogens with zero attached hydrogens (tertiary/aromatic N) is 2. The maximum Gasteiger partial charge on any atom is 0.268 e. The number of halogens is 1. The zero-order valence-electron chi connectivity index (χ0n) is 13.7. The highest BCUT2D eigenvalue weighted by molar-refractivity contribution is 7.13. The molecule has 0 radical (unpaired) electrons. The van der Waals surface area contributed by atoms with E-state index in [0.717, 1.165) is 10.6 Å². The van der Waals surface area contributed by atoms with Gasteiger partial charge in [-0.3, -0.25) is 4.79 Å². The number of nitrogens with one attached hydrogen (secondary N) is 1. The Balaban J connectivity index is 1.65. The second-order valence-electron chi connectivity index (χ2n) is 5.44. The summed E-state index contributed by atoms with van der Waals surface area (Å²) < 4.78 is 5.67. The Kier molecular flexibility index (Phi) is 5.31. The molecule has 1 amide bonds. The number of rotatable bonds is 5. The van der Waals surface area contributed by atoms with Gasteiger partial charge >= 0.3 is 0 Å². The average Bonchev–Trinajstić information content (AvgIpc) is 2.97. The number of benzene rings is 1. The minimum atomic E-state index is -0.218. The molecule has 0 unspecified atom stereocenters. The fourth-order valence-corrected chi connectivity index (χ4v) is 3.11. The van der Waals surface area contributed by atoms with Crippen LogP contribution in [0.4, 0.5) is 5.82 Å². The molecular formula is C18H16ClN3O2S. The van der Waals surface area contributed by atoms with Gasteiger partial charge in [-0.2, -0.15) is 0 Å². The minimum absolute atomic E-state index is 0.218. The third-order valence-corrected chi connectivity index (χ3v) is 4.76. The molecule has 0 aliphatic rings. The molecule has 2 heterocycles. The van der Waals surface area contributed by atoms with Crippen LogP contribution in [-0.2, 0) is 6.61 Å². The quantitative estimate of drug-likeness (QED) is 0.707. The average molecular weight is 374 g/mol. The van der Waals surface area contributed by atoms with E-state index in [0.29, 0.717) is 33.8 Å². The van der Waals surface area contributed by atoms with E-state index < -0.39 is 0 Å². The summed E-state index contributed by atoms with van der Waals surface area (Å²) in [5.74, 6) is 0.999. The molecule has 0 saturated carbocycles. The van der Waals surface area contributed by atoms with Gasteiger partial charge in [-0.1, -0.05) is 17.7 Å². The highest BCUT2D eigenvalue weighted by Gasteiger charge is 2.16. The van der Waals surface area contributed by atoms with Crippen LogP contribution in [-0.4, -0.2) is 15.9 Å². The molecule has 0 bridgehead atoms. The van der Waals surface area contributed by atoms with Gasteiger partial charge in [0.15, 0.2) is 0 Å². The Morgan fingerprint density at radius 2 is 1.96 bits per heavy atom. The van der Waals surface area contributed by atoms with Crippen LogP contribution in [0.25, 0.3) is 0 Å². The second-order valence-corrected chi connectivity index (χ2v) is 6.96. The lowest BCUT2D eigenvalue weighted by molar-refractivity contribution is 0.102. The summed E-state index contributed by atoms with van der Waals surface area (Å²) in [5.41, 5.74) is 1.71. The predicted molar refractivity (Wildman–Crippen MR) is 99.6 cm³/mol. The van der Waals surface area contributed by atoms with Crippen molar-refractivity contribution >= 4 is 34.7 Å². The second kappa shape index (κ2) is 7.63. The largest absolute Gasteiger partial charge is 0.486 e. The van der Waals surface area contributed by atoms with Crippen molar-refractivity contribution in [1.82, 2.24) is 9.97 Å². The van der Waals surface area contributed by atoms with Crippen molar-refractivity contribution in [2.75, 3.05) is 5.32 Å². The van der Waals surface area contributed by atoms with Crippen LogP contribution >= 0.6 is 22.9 Å². The molecule has 1 aromatic carbocycles. The zero-order valence-corrected chi connectivity index (χ0v) is 15.3. The normalized spacial score (nSPS) is 10.5. The van der Waals surface area contributed by atoms with E-state index in [2.05, 4.69) is 15.3 Å². The number of ether oxygens (including phenoxy) is 1. The highest BCUT2D eigenvalue weighted by atomic mass is 35.5. The lowest BCUT2D eigenvalue weighted by Crippen LogP contribution is -2.12. The number of anilines is 1. The molecule has 3 aromatic rings. The number of carbonyl (C=O) groups excluding carboxylic acids is 1. The van der Waals surface area contributed by atoms with E-state index >= 15 is 0 Å². The van der Waals surface area contributed by atoms with Crippen LogP contribution in [0, 0.1) is 13.8 Å². The predicted octanol–water partition coefficient (Wildman–Crippen LogP) is 4.64. The maximum absolute atomic E-state index is 12.4. The molecule has 0 fully saturated rings. The van der Waals surface area contributed by atoms with Gasteiger partial charge in [-0.05, 0) is 49.7 Å². The molecular weight excluding hydrogens is 358 g/mol. The van der Waals surface area contributed by atoms with Crippen molar-refractivity contribution in [3.05, 3.63) is 68.8 Å². The van der Waals surface area contributed by atoms with E-state index in [-0.39, 0.29) is 5.91 Å². The van der Waals surface area contributed by atoms with Crippen LogP contribution in [0.1, 0.15) is 25.9 Å². The van der Waals surface area contributed by atoms with E-state index in [1.54, 1.807) is 43.5 Å². The standard InChI is InChI=1S/C18H16ClN3O2S/c1-11-3-8-15(20-9-11)22-18(23)17-12(2)21-16(25-17)10-24-14-6-4-13(19)5-7-14/h3-9H,10H2,1-2H3,(H,20,22,23). The Labute approximate surface area is 154 Å². The van der Waals surface area contributed by atoms with Crippen molar-refractivity contribution in [2.24, 2.45) is 0 Å². The fourth-order valence-electron chi connectivity index (χ4n) is 2.12. The first-order valence-electron chi connectivity index (χ1n) is 7.60. The maximum atomic E-state index is 12.4. The summed E-state index contributed by atoms with van der Waals surface area (Å²) in [5, 5.41) is 4.17. The number of aromatic nitrogens is 2. The minimum Gasteiger partial charge on any atom is -0.486 e. The first-order chi connectivity index (χ1) is 12.0. The lowest BCUT2D eigenvalue weighted by Gasteiger charge is -2.03. The van der Waals surface area contributed by atoms with Crippen molar-refractivity contribution in [3.63, 3.8) is 0 Å². The van der Waals surface area contributed by atoms with Crippen molar-refractivity contribution < 1.29 is 9.53 Å². The van der Waals surface area contributed by atoms with Gasteiger partial charge in [0, 0.05) is 11.2 Å². The van der Waals surface area contributed by atoms with E-state index in [4.69, 9.17) is 16.3 Å². The van der Waals surface area contributed by atoms with Crippen LogP contribution in [0.5, 0.6) is 5.75 Å². The number of pyridine rings is 1. The summed E-state index contributed by atoms with van der Waals surface area (Å²) in [6, 6.07) is 10.8. The van der Waals surface area contributed by atoms with Gasteiger partial charge in [-0.15, -0.1) is 11.3 Å². The SMILES string of the molecule is Cc1ccc(NC(=O)c2sc(COc3ccc(Cl)cc3)nc2C)nc1. The summed E-state index contributed by atoms with van der Waals surface area (Å²) in [6.45, 7) is 4.04. The van der Waals surface area contributed by atoms with Gasteiger partial charge in [0.05, 0.1) is 5.69 Å². The summed E-state index contributed by atoms with van der Waals surface area (Å²) in [6.07, 6.45) is 1.71. The first kappa shape index (κ1) is 17.4. The summed E-state index contributed by atoms with van der Waals surface area (Å²) >= 11 is 7.16. The molecule has 0 aliphatic carbocycles. The molecule has 128 valence electrons. The van der Waals surface area contributed by atoms with Crippen LogP contribution < -0.4 is 10.1 Å². The molecule has 0 atom stereocenters. The van der Waals surface area contributed by atoms with Crippen LogP contribution in [0.15, 0.2) is 42.6 Å². The van der Waals surface area contributed by atoms with Gasteiger partial charge in [-0.25, -0.2) is 9.97 Å². The first-order valence-corrected chi connectivity index (χ1v) is 8.79. The number of thiazole rings is 1. The molecule has 2 aromatic heterocycles. The van der Waals surface area contributed by atoms with Gasteiger partial charge in [0.1, 0.15) is 28.1 Å². The smallest absolute Gasteiger partial charge is 0.268 e. The van der Waals surface area contributed by atoms with E-state index in [1.807, 2.05) is 13.0 Å². The van der Waals surface area contributed by atoms with Crippen molar-refractivity contribution in [2.45, 2.75) is 20.5 Å². The molecule has 7 heteroatoms. The molecule has 1 N–H and O–H groups in total. The number of carbonyl (C=O) groups is 1. The molecule has 0 saturated heterocycles. The molecule has 5 nitrogen and oxygen atoms in total. The Morgan fingerprint density at radius 1 is 1.20 bits per heavy atom. The number of hydrogen-bond acceptors (Lipinski definition) is 5. The number of aryl methyl sites for hydroxylation is 2. The van der Waals surface area contributed by atoms with Crippen LogP contribution in [0.2, 0.25) is 5.02 Å². The van der Waals surface area contributed by atoms with Gasteiger partial charge < -0.3 is 10.1 Å². The number of amides is 1. The highest BCUT2D eigenvalue weighted by Crippen LogP contribution is 2.22. The van der Waals surface area contributed by atoms with Crippen molar-refractivity contribution in [1.29, 1.82) is 0 Å². The molecule has 3 rings (SSSR count). The van der Waals surface area contributed by atoms with Crippen LogP contribution in [0.3, 0.4) is 0 Å². The van der Waals surface area contributed by atoms with E-state index in [9.17, 15) is 4.79 Å². The number of hydrogen-bond donors (Lipinski definition) is 1. The fraction of sp³-hybridized carbons (Fsp3) is 0.167. The Morgan fingerprint density at radius 3 is 2.64 bits per heavy atom. The zero-order chi connectivity index (χ0) is 17.8. The van der Waals surface area contributed by atoms with E-state index in [1.165, 1.54) is 11.3 Å². The molecule has 0 spiro atoms. The topological polar surface area (TPSA) is 64.1 Å². The molecule has 0 aliphatic heterocycles. The van der Waals surface area contributed by atoms with Gasteiger partial charge in [0.25, 0.3) is 5.91 Å². The third-order valence-electron chi connectivity index (χ3n) is 3.38. The molecule has 25 heavy (non-hydrogen) atoms.